The number of fused-ring (bicyclic) bond motifs is 2. The molecule has 7 heteroatoms. The molecule has 1 N–H and O–H groups in total. The topological polar surface area (TPSA) is 54.2 Å². The van der Waals surface area contributed by atoms with Gasteiger partial charge in [-0.2, -0.15) is 4.58 Å². The van der Waals surface area contributed by atoms with Crippen LogP contribution in [0.1, 0.15) is 90.3 Å². The molecule has 2 aromatic rings. The van der Waals surface area contributed by atoms with E-state index in [0.29, 0.717) is 0 Å². The van der Waals surface area contributed by atoms with E-state index in [-0.39, 0.29) is 17.4 Å². The highest BCUT2D eigenvalue weighted by Gasteiger charge is 2.47. The van der Waals surface area contributed by atoms with Gasteiger partial charge in [-0.3, -0.25) is 0 Å². The van der Waals surface area contributed by atoms with Crippen LogP contribution in [0.15, 0.2) is 70.4 Å². The number of ether oxygens (including phenoxy) is 3. The predicted octanol–water partition coefficient (Wildman–Crippen LogP) is 9.24. The van der Waals surface area contributed by atoms with Crippen LogP contribution in [0.5, 0.6) is 17.2 Å². The number of benzene rings is 2. The lowest BCUT2D eigenvalue weighted by atomic mass is 9.80. The first-order valence-electron chi connectivity index (χ1n) is 17.0. The average molecular weight is 660 g/mol. The largest absolute Gasteiger partial charge is 0.496 e. The van der Waals surface area contributed by atoms with Crippen molar-refractivity contribution in [3.8, 4) is 17.2 Å². The van der Waals surface area contributed by atoms with Gasteiger partial charge in [0.15, 0.2) is 17.2 Å². The molecule has 0 unspecified atom stereocenters. The Hall–Kier alpha value is -3.48. The van der Waals surface area contributed by atoms with Gasteiger partial charge in [0.1, 0.15) is 12.3 Å². The van der Waals surface area contributed by atoms with Gasteiger partial charge in [-0.1, -0.05) is 57.5 Å². The molecule has 0 atom stereocenters. The third-order valence-electron chi connectivity index (χ3n) is 10.0. The molecule has 0 radical (unpaired) electrons. The molecule has 2 heterocycles. The summed E-state index contributed by atoms with van der Waals surface area (Å²) in [6.45, 7) is 15.2. The Labute approximate surface area is 286 Å². The summed E-state index contributed by atoms with van der Waals surface area (Å²) in [5.41, 5.74) is 9.58. The van der Waals surface area contributed by atoms with Gasteiger partial charge >= 0.3 is 0 Å². The van der Waals surface area contributed by atoms with Gasteiger partial charge in [0.2, 0.25) is 5.69 Å². The van der Waals surface area contributed by atoms with Crippen LogP contribution in [0.2, 0.25) is 0 Å². The van der Waals surface area contributed by atoms with Crippen molar-refractivity contribution in [3.05, 3.63) is 87.1 Å². The Morgan fingerprint density at radius 3 is 2.26 bits per heavy atom. The van der Waals surface area contributed by atoms with Gasteiger partial charge in [0.05, 0.1) is 38.9 Å². The van der Waals surface area contributed by atoms with Gasteiger partial charge < -0.3 is 24.2 Å². The number of allylic oxidation sites excluding steroid dienone is 8. The average Bonchev–Trinajstić information content (AvgIpc) is 3.41. The molecule has 0 bridgehead atoms. The van der Waals surface area contributed by atoms with Crippen LogP contribution in [0.3, 0.4) is 0 Å². The molecule has 0 aromatic heterocycles. The summed E-state index contributed by atoms with van der Waals surface area (Å²) in [5.74, 6) is 2.33. The fourth-order valence-electron chi connectivity index (χ4n) is 7.83. The van der Waals surface area contributed by atoms with Crippen molar-refractivity contribution in [2.45, 2.75) is 91.1 Å². The monoisotopic (exact) mass is 659 g/mol. The number of aliphatic hydroxyl groups excluding tert-OH is 1. The van der Waals surface area contributed by atoms with Crippen molar-refractivity contribution in [2.75, 3.05) is 39.3 Å². The van der Waals surface area contributed by atoms with Crippen molar-refractivity contribution < 1.29 is 23.9 Å². The van der Waals surface area contributed by atoms with E-state index in [9.17, 15) is 5.11 Å². The Bertz CT molecular complexity index is 1690. The molecule has 0 spiro atoms. The van der Waals surface area contributed by atoms with Crippen molar-refractivity contribution in [2.24, 2.45) is 0 Å². The molecule has 2 aliphatic heterocycles. The molecular weight excluding hydrogens is 608 g/mol. The van der Waals surface area contributed by atoms with Gasteiger partial charge in [-0.15, -0.1) is 0 Å². The van der Waals surface area contributed by atoms with Crippen LogP contribution in [0.25, 0.3) is 0 Å². The second-order valence-corrected chi connectivity index (χ2v) is 14.1. The maximum atomic E-state index is 10.0. The van der Waals surface area contributed by atoms with Gasteiger partial charge in [0, 0.05) is 58.1 Å². The summed E-state index contributed by atoms with van der Waals surface area (Å²) in [7, 11) is 5.10. The number of hydrogen-bond acceptors (Lipinski definition) is 5. The summed E-state index contributed by atoms with van der Waals surface area (Å²) in [4.78, 5) is 2.40. The normalized spacial score (nSPS) is 20.1. The quantitative estimate of drug-likeness (QED) is 0.244. The number of hydrogen-bond donors (Lipinski definition) is 1. The zero-order chi connectivity index (χ0) is 34.1. The third-order valence-corrected chi connectivity index (χ3v) is 10.5. The third kappa shape index (κ3) is 5.93. The van der Waals surface area contributed by atoms with Crippen LogP contribution >= 0.6 is 11.6 Å². The van der Waals surface area contributed by atoms with Crippen molar-refractivity contribution in [1.82, 2.24) is 0 Å². The van der Waals surface area contributed by atoms with E-state index in [1.165, 1.54) is 17.1 Å². The smallest absolute Gasteiger partial charge is 0.213 e. The van der Waals surface area contributed by atoms with E-state index in [0.717, 1.165) is 101 Å². The zero-order valence-electron chi connectivity index (χ0n) is 29.7. The summed E-state index contributed by atoms with van der Waals surface area (Å²) < 4.78 is 19.9. The molecule has 5 rings (SSSR count). The first-order valence-corrected chi connectivity index (χ1v) is 17.4. The molecule has 6 nitrogen and oxygen atoms in total. The van der Waals surface area contributed by atoms with Gasteiger partial charge in [0.25, 0.3) is 0 Å². The molecule has 47 heavy (non-hydrogen) atoms. The fraction of sp³-hybridized carbons (Fsp3) is 0.475. The van der Waals surface area contributed by atoms with Crippen molar-refractivity contribution >= 4 is 28.7 Å². The summed E-state index contributed by atoms with van der Waals surface area (Å²) in [5, 5.41) is 10.9. The minimum Gasteiger partial charge on any atom is -0.496 e. The Balaban J connectivity index is 1.54. The minimum atomic E-state index is -0.308. The Kier molecular flexibility index (Phi) is 10.3. The lowest BCUT2D eigenvalue weighted by Crippen LogP contribution is -2.28. The lowest BCUT2D eigenvalue weighted by Gasteiger charge is -2.27. The van der Waals surface area contributed by atoms with E-state index in [4.69, 9.17) is 25.8 Å². The van der Waals surface area contributed by atoms with Crippen LogP contribution in [-0.4, -0.2) is 49.8 Å². The molecule has 0 amide bonds. The lowest BCUT2D eigenvalue weighted by molar-refractivity contribution is -0.437. The highest BCUT2D eigenvalue weighted by Crippen LogP contribution is 2.53. The van der Waals surface area contributed by atoms with Crippen LogP contribution in [-0.2, 0) is 17.4 Å². The number of rotatable bonds is 11. The predicted molar refractivity (Wildman–Crippen MR) is 194 cm³/mol. The Morgan fingerprint density at radius 1 is 0.872 bits per heavy atom. The molecule has 0 fully saturated rings. The SMILES string of the molecule is CCCN1C(=CC=C2CCCC(C=CC3=[N+](CCC)c4ccc(OC)c(OC)c4C3(C)C)=C2Cl)C(C)(C)c2c1ccc(CO)c2OC. The Morgan fingerprint density at radius 2 is 1.62 bits per heavy atom. The number of methoxy groups -OCH3 is 3. The van der Waals surface area contributed by atoms with E-state index < -0.39 is 0 Å². The molecule has 0 saturated heterocycles. The second kappa shape index (κ2) is 13.9. The van der Waals surface area contributed by atoms with E-state index >= 15 is 0 Å². The summed E-state index contributed by atoms with van der Waals surface area (Å²) in [6.07, 6.45) is 13.9. The minimum absolute atomic E-state index is 0.0551. The molecule has 2 aromatic carbocycles. The molecule has 3 aliphatic rings. The van der Waals surface area contributed by atoms with Crippen LogP contribution < -0.4 is 19.1 Å². The number of nitrogens with zero attached hydrogens (tertiary/aromatic N) is 2. The van der Waals surface area contributed by atoms with Gasteiger partial charge in [-0.25, -0.2) is 0 Å². The first-order chi connectivity index (χ1) is 22.5. The second-order valence-electron chi connectivity index (χ2n) is 13.7. The van der Waals surface area contributed by atoms with Crippen LogP contribution in [0, 0.1) is 0 Å². The highest BCUT2D eigenvalue weighted by atomic mass is 35.5. The van der Waals surface area contributed by atoms with Crippen molar-refractivity contribution in [3.63, 3.8) is 0 Å². The van der Waals surface area contributed by atoms with Crippen molar-refractivity contribution in [1.29, 1.82) is 0 Å². The summed E-state index contributed by atoms with van der Waals surface area (Å²) >= 11 is 7.22. The molecule has 1 aliphatic carbocycles. The maximum absolute atomic E-state index is 10.0. The van der Waals surface area contributed by atoms with Crippen LogP contribution in [0.4, 0.5) is 11.4 Å². The fourth-order valence-corrected chi connectivity index (χ4v) is 8.15. The van der Waals surface area contributed by atoms with Gasteiger partial charge in [-0.05, 0) is 68.9 Å². The molecule has 0 saturated carbocycles. The first kappa shape index (κ1) is 34.8. The van der Waals surface area contributed by atoms with E-state index in [1.807, 2.05) is 12.1 Å². The number of anilines is 1. The van der Waals surface area contributed by atoms with E-state index in [2.05, 4.69) is 87.5 Å². The number of aliphatic hydroxyl groups is 1. The summed E-state index contributed by atoms with van der Waals surface area (Å²) in [6, 6.07) is 8.26. The van der Waals surface area contributed by atoms with E-state index in [1.54, 1.807) is 21.3 Å². The highest BCUT2D eigenvalue weighted by molar-refractivity contribution is 6.32. The molecular formula is C40H52ClN2O4+. The molecule has 252 valence electrons. The zero-order valence-corrected chi connectivity index (χ0v) is 30.5. The maximum Gasteiger partial charge on any atom is 0.213 e. The number of halogens is 1. The standard InChI is InChI=1S/C40H52ClN2O4/c1-10-23-42-29-18-15-28(25-44)37(46-8)34(29)39(3,4)32(42)21-16-26-13-12-14-27(36(26)41)17-22-33-40(5,6)35-30(43(33)24-11-2)19-20-31(45-7)38(35)47-9/h15-22,44H,10-14,23-25H2,1-9H3/q+1.